The van der Waals surface area contributed by atoms with Gasteiger partial charge >= 0.3 is 7.60 Å². The Morgan fingerprint density at radius 3 is 2.21 bits per heavy atom. The van der Waals surface area contributed by atoms with Crippen LogP contribution in [0.5, 0.6) is 0 Å². The highest BCUT2D eigenvalue weighted by atomic mass is 31.2. The van der Waals surface area contributed by atoms with Gasteiger partial charge in [-0.3, -0.25) is 4.57 Å². The zero-order valence-electron chi connectivity index (χ0n) is 26.4. The highest BCUT2D eigenvalue weighted by Crippen LogP contribution is 2.42. The lowest BCUT2D eigenvalue weighted by Crippen LogP contribution is -2.17. The molecule has 10 nitrogen and oxygen atoms in total. The molecule has 2 atom stereocenters. The number of rotatable bonds is 23. The van der Waals surface area contributed by atoms with E-state index in [-0.39, 0.29) is 19.1 Å². The molecule has 42 heavy (non-hydrogen) atoms. The van der Waals surface area contributed by atoms with Crippen LogP contribution in [0.3, 0.4) is 0 Å². The molecule has 0 radical (unpaired) electrons. The Morgan fingerprint density at radius 2 is 1.55 bits per heavy atom. The second-order valence-electron chi connectivity index (χ2n) is 12.1. The lowest BCUT2D eigenvalue weighted by Gasteiger charge is -2.17. The number of imidazole rings is 1. The van der Waals surface area contributed by atoms with Gasteiger partial charge in [-0.15, -0.1) is 11.5 Å². The fourth-order valence-corrected chi connectivity index (χ4v) is 6.01. The Hall–Kier alpha value is -1.80. The summed E-state index contributed by atoms with van der Waals surface area (Å²) in [6.07, 6.45) is 18.0. The summed E-state index contributed by atoms with van der Waals surface area (Å²) < 4.78 is 30.5. The van der Waals surface area contributed by atoms with Gasteiger partial charge in [-0.2, -0.15) is 0 Å². The lowest BCUT2D eigenvalue weighted by atomic mass is 10.1. The van der Waals surface area contributed by atoms with Crippen molar-refractivity contribution in [1.82, 2.24) is 19.5 Å². The lowest BCUT2D eigenvalue weighted by molar-refractivity contribution is 0.0688. The van der Waals surface area contributed by atoms with Gasteiger partial charge in [-0.25, -0.2) is 15.0 Å². The Labute approximate surface area is 254 Å². The molecule has 0 amide bonds. The van der Waals surface area contributed by atoms with Crippen LogP contribution in [0.25, 0.3) is 11.2 Å². The molecule has 0 aliphatic heterocycles. The van der Waals surface area contributed by atoms with Gasteiger partial charge in [0.05, 0.1) is 25.6 Å². The van der Waals surface area contributed by atoms with Gasteiger partial charge in [0, 0.05) is 19.6 Å². The third kappa shape index (κ3) is 16.7. The van der Waals surface area contributed by atoms with E-state index in [1.54, 1.807) is 17.8 Å². The summed E-state index contributed by atoms with van der Waals surface area (Å²) in [5.41, 5.74) is 10.4. The number of nitrogens with zero attached hydrogens (tertiary/aromatic N) is 4. The summed E-state index contributed by atoms with van der Waals surface area (Å²) in [5.74, 6) is 3.67. The summed E-state index contributed by atoms with van der Waals surface area (Å²) >= 11 is 0. The van der Waals surface area contributed by atoms with Crippen molar-refractivity contribution < 1.29 is 23.5 Å². The van der Waals surface area contributed by atoms with E-state index in [4.69, 9.17) is 19.7 Å². The van der Waals surface area contributed by atoms with E-state index in [0.717, 1.165) is 19.4 Å². The van der Waals surface area contributed by atoms with Gasteiger partial charge in [-0.1, -0.05) is 77.4 Å². The van der Waals surface area contributed by atoms with Crippen molar-refractivity contribution in [2.24, 2.45) is 0 Å². The van der Waals surface area contributed by atoms with Gasteiger partial charge in [0.2, 0.25) is 0 Å². The molecule has 2 aromatic heterocycles. The quantitative estimate of drug-likeness (QED) is 0.0584. The SMILES string of the molecule is C[C@H](Cn1cnc2c(N)ncnc21)OCP(=O)(O)OCCCOCCCCCCCCCCCCCC#C[Si](C)(C)C. The number of hydrogen-bond acceptors (Lipinski definition) is 8. The number of nitrogens with two attached hydrogens (primary N) is 1. The number of hydrogen-bond donors (Lipinski definition) is 2. The van der Waals surface area contributed by atoms with Crippen LogP contribution in [-0.2, 0) is 25.1 Å². The number of anilines is 1. The van der Waals surface area contributed by atoms with Crippen LogP contribution in [0.1, 0.15) is 90.4 Å². The summed E-state index contributed by atoms with van der Waals surface area (Å²) in [7, 11) is -5.03. The van der Waals surface area contributed by atoms with Crippen molar-refractivity contribution in [3.8, 4) is 11.5 Å². The highest BCUT2D eigenvalue weighted by molar-refractivity contribution is 7.52. The molecule has 2 rings (SSSR count). The first-order valence-electron chi connectivity index (χ1n) is 15.6. The monoisotopic (exact) mass is 623 g/mol. The molecule has 2 heterocycles. The second-order valence-corrected chi connectivity index (χ2v) is 18.6. The minimum absolute atomic E-state index is 0.153. The predicted octanol–water partition coefficient (Wildman–Crippen LogP) is 6.94. The van der Waals surface area contributed by atoms with Crippen molar-refractivity contribution in [1.29, 1.82) is 0 Å². The molecule has 0 aliphatic rings. The summed E-state index contributed by atoms with van der Waals surface area (Å²) in [4.78, 5) is 22.4. The first-order valence-corrected chi connectivity index (χ1v) is 20.9. The van der Waals surface area contributed by atoms with E-state index in [1.807, 2.05) is 0 Å². The molecule has 3 N–H and O–H groups in total. The number of fused-ring (bicyclic) bond motifs is 1. The molecular formula is C30H54N5O5PSi. The molecule has 0 saturated carbocycles. The molecule has 12 heteroatoms. The molecule has 0 saturated heterocycles. The van der Waals surface area contributed by atoms with E-state index in [0.29, 0.717) is 36.6 Å². The standard InChI is InChI=1S/C30H54N5O5PSi/c1-27(23-35-25-34-28-29(31)32-24-33-30(28)35)39-26-41(36,37)40-21-18-20-38-19-16-14-12-10-8-6-5-7-9-11-13-15-17-22-42(2,3)4/h24-25,27H,5-16,18-21,23,26H2,1-4H3,(H,36,37)(H2,31,32,33)/t27-/m1/s1. The normalized spacial score (nSPS) is 14.0. The fourth-order valence-electron chi connectivity index (χ4n) is 4.43. The van der Waals surface area contributed by atoms with Gasteiger partial charge in [0.1, 0.15) is 26.3 Å². The molecule has 0 spiro atoms. The largest absolute Gasteiger partial charge is 0.382 e. The highest BCUT2D eigenvalue weighted by Gasteiger charge is 2.21. The van der Waals surface area contributed by atoms with Crippen molar-refractivity contribution in [3.05, 3.63) is 12.7 Å². The average Bonchev–Trinajstić information content (AvgIpc) is 3.34. The maximum absolute atomic E-state index is 12.3. The Morgan fingerprint density at radius 1 is 0.929 bits per heavy atom. The maximum atomic E-state index is 12.3. The van der Waals surface area contributed by atoms with Crippen LogP contribution in [-0.4, -0.2) is 64.8 Å². The van der Waals surface area contributed by atoms with E-state index in [2.05, 4.69) is 46.1 Å². The smallest absolute Gasteiger partial charge is 0.353 e. The first kappa shape index (κ1) is 36.4. The molecule has 238 valence electrons. The van der Waals surface area contributed by atoms with Crippen molar-refractivity contribution >= 4 is 32.7 Å². The average molecular weight is 624 g/mol. The minimum atomic E-state index is -3.84. The fraction of sp³-hybridized carbons (Fsp3) is 0.767. The van der Waals surface area contributed by atoms with Gasteiger partial charge in [0.15, 0.2) is 11.5 Å². The summed E-state index contributed by atoms with van der Waals surface area (Å²) in [5, 5.41) is 0. The van der Waals surface area contributed by atoms with E-state index in [9.17, 15) is 9.46 Å². The predicted molar refractivity (Wildman–Crippen MR) is 173 cm³/mol. The van der Waals surface area contributed by atoms with E-state index in [1.165, 1.54) is 70.5 Å². The van der Waals surface area contributed by atoms with Crippen LogP contribution in [0.15, 0.2) is 12.7 Å². The third-order valence-electron chi connectivity index (χ3n) is 6.69. The molecule has 1 unspecified atom stereocenters. The second kappa shape index (κ2) is 20.2. The van der Waals surface area contributed by atoms with Gasteiger partial charge < -0.3 is 29.2 Å². The first-order chi connectivity index (χ1) is 20.1. The van der Waals surface area contributed by atoms with Crippen LogP contribution in [0, 0.1) is 11.5 Å². The molecule has 0 aliphatic carbocycles. The molecule has 2 aromatic rings. The number of ether oxygens (including phenoxy) is 2. The maximum Gasteiger partial charge on any atom is 0.353 e. The molecule has 0 bridgehead atoms. The topological polar surface area (TPSA) is 135 Å². The van der Waals surface area contributed by atoms with E-state index < -0.39 is 15.7 Å². The van der Waals surface area contributed by atoms with Gasteiger partial charge in [0.25, 0.3) is 0 Å². The van der Waals surface area contributed by atoms with Gasteiger partial charge in [-0.05, 0) is 26.2 Å². The van der Waals surface area contributed by atoms with Crippen LogP contribution >= 0.6 is 7.60 Å². The number of unbranched alkanes of at least 4 members (excludes halogenated alkanes) is 11. The molecular weight excluding hydrogens is 569 g/mol. The van der Waals surface area contributed by atoms with E-state index >= 15 is 0 Å². The minimum Gasteiger partial charge on any atom is -0.382 e. The summed E-state index contributed by atoms with van der Waals surface area (Å²) in [6, 6.07) is 0. The van der Waals surface area contributed by atoms with Crippen LogP contribution < -0.4 is 5.73 Å². The van der Waals surface area contributed by atoms with Crippen molar-refractivity contribution in [2.75, 3.05) is 31.9 Å². The Balaban J connectivity index is 1.36. The zero-order valence-corrected chi connectivity index (χ0v) is 28.2. The molecule has 0 aromatic carbocycles. The van der Waals surface area contributed by atoms with Crippen LogP contribution in [0.2, 0.25) is 19.6 Å². The summed E-state index contributed by atoms with van der Waals surface area (Å²) in [6.45, 7) is 10.5. The third-order valence-corrected chi connectivity index (χ3v) is 8.67. The number of nitrogen functional groups attached to an aromatic ring is 1. The Bertz CT molecular complexity index is 1130. The number of aromatic nitrogens is 4. The van der Waals surface area contributed by atoms with Crippen LogP contribution in [0.4, 0.5) is 5.82 Å². The zero-order chi connectivity index (χ0) is 30.7. The van der Waals surface area contributed by atoms with Crippen molar-refractivity contribution in [3.63, 3.8) is 0 Å². The van der Waals surface area contributed by atoms with Crippen molar-refractivity contribution in [2.45, 2.75) is 123 Å². The Kier molecular flexibility index (Phi) is 17.5. The molecule has 0 fully saturated rings.